The number of thioether (sulfide) groups is 1. The van der Waals surface area contributed by atoms with Crippen LogP contribution < -0.4 is 14.9 Å². The first-order valence-corrected chi connectivity index (χ1v) is 15.1. The summed E-state index contributed by atoms with van der Waals surface area (Å²) >= 11 is 3.80. The third-order valence-corrected chi connectivity index (χ3v) is 9.31. The number of aryl methyl sites for hydroxylation is 1. The average Bonchev–Trinajstić information content (AvgIpc) is 3.33. The van der Waals surface area contributed by atoms with Crippen molar-refractivity contribution in [2.45, 2.75) is 38.6 Å². The number of carbonyl (C=O) groups excluding carboxylic acids is 4. The maximum Gasteiger partial charge on any atom is 0.341 e. The lowest BCUT2D eigenvalue weighted by Crippen LogP contribution is -2.23. The molecular formula is C26H29N3O7S3. The van der Waals surface area contributed by atoms with Gasteiger partial charge >= 0.3 is 11.9 Å². The van der Waals surface area contributed by atoms with Crippen molar-refractivity contribution in [1.29, 1.82) is 0 Å². The molecule has 1 aromatic carbocycles. The number of thiophene rings is 1. The molecular weight excluding hydrogens is 563 g/mol. The SMILES string of the molecule is COC(=O)Cn1c(=NC(=O)CSCC(=O)Nc2sc3c(c2C(=O)OC)CCCCC3)sc2cc(OC)ccc21. The maximum atomic E-state index is 12.7. The van der Waals surface area contributed by atoms with Crippen LogP contribution in [0.3, 0.4) is 0 Å². The van der Waals surface area contributed by atoms with Crippen molar-refractivity contribution < 1.29 is 33.4 Å². The average molecular weight is 592 g/mol. The Labute approximate surface area is 237 Å². The van der Waals surface area contributed by atoms with Gasteiger partial charge in [0.15, 0.2) is 4.80 Å². The van der Waals surface area contributed by atoms with E-state index in [2.05, 4.69) is 10.3 Å². The summed E-state index contributed by atoms with van der Waals surface area (Å²) in [6.07, 6.45) is 4.83. The van der Waals surface area contributed by atoms with Crippen LogP contribution in [-0.2, 0) is 43.2 Å². The van der Waals surface area contributed by atoms with Crippen molar-refractivity contribution in [2.24, 2.45) is 4.99 Å². The molecule has 0 saturated heterocycles. The predicted molar refractivity (Wildman–Crippen MR) is 152 cm³/mol. The molecule has 0 fully saturated rings. The number of amides is 2. The minimum absolute atomic E-state index is 0.0101. The first-order chi connectivity index (χ1) is 18.8. The molecule has 10 nitrogen and oxygen atoms in total. The van der Waals surface area contributed by atoms with E-state index in [1.807, 2.05) is 6.07 Å². The van der Waals surface area contributed by atoms with Crippen molar-refractivity contribution >= 4 is 73.4 Å². The number of rotatable bonds is 9. The number of methoxy groups -OCH3 is 3. The van der Waals surface area contributed by atoms with E-state index >= 15 is 0 Å². The van der Waals surface area contributed by atoms with Crippen LogP contribution in [0.15, 0.2) is 23.2 Å². The van der Waals surface area contributed by atoms with Gasteiger partial charge in [0, 0.05) is 4.88 Å². The Bertz CT molecular complexity index is 1470. The highest BCUT2D eigenvalue weighted by molar-refractivity contribution is 8.00. The summed E-state index contributed by atoms with van der Waals surface area (Å²) in [5.74, 6) is -1.06. The Morgan fingerprint density at radius 3 is 2.56 bits per heavy atom. The smallest absolute Gasteiger partial charge is 0.341 e. The van der Waals surface area contributed by atoms with Gasteiger partial charge in [-0.2, -0.15) is 4.99 Å². The summed E-state index contributed by atoms with van der Waals surface area (Å²) in [5, 5.41) is 3.34. The molecule has 1 aliphatic rings. The lowest BCUT2D eigenvalue weighted by atomic mass is 10.1. The minimum Gasteiger partial charge on any atom is -0.497 e. The first kappa shape index (κ1) is 28.8. The number of aromatic nitrogens is 1. The van der Waals surface area contributed by atoms with E-state index < -0.39 is 17.8 Å². The molecule has 39 heavy (non-hydrogen) atoms. The number of ether oxygens (including phenoxy) is 3. The van der Waals surface area contributed by atoms with Crippen molar-refractivity contribution in [2.75, 3.05) is 38.2 Å². The molecule has 1 aliphatic carbocycles. The number of hydrogen-bond acceptors (Lipinski definition) is 10. The monoisotopic (exact) mass is 591 g/mol. The lowest BCUT2D eigenvalue weighted by Gasteiger charge is -2.07. The van der Waals surface area contributed by atoms with E-state index in [0.717, 1.165) is 64.5 Å². The molecule has 2 aromatic heterocycles. The number of nitrogens with zero attached hydrogens (tertiary/aromatic N) is 2. The number of fused-ring (bicyclic) bond motifs is 2. The molecule has 0 spiro atoms. The van der Waals surface area contributed by atoms with E-state index in [4.69, 9.17) is 14.2 Å². The fraction of sp³-hybridized carbons (Fsp3) is 0.423. The Morgan fingerprint density at radius 2 is 1.82 bits per heavy atom. The minimum atomic E-state index is -0.470. The summed E-state index contributed by atoms with van der Waals surface area (Å²) in [6.45, 7) is -0.0994. The van der Waals surface area contributed by atoms with Crippen LogP contribution in [0.2, 0.25) is 0 Å². The second-order valence-corrected chi connectivity index (χ2v) is 11.8. The van der Waals surface area contributed by atoms with Crippen LogP contribution >= 0.6 is 34.4 Å². The topological polar surface area (TPSA) is 125 Å². The Kier molecular flexibility index (Phi) is 9.81. The molecule has 0 aliphatic heterocycles. The van der Waals surface area contributed by atoms with Gasteiger partial charge < -0.3 is 24.1 Å². The molecule has 3 aromatic rings. The molecule has 0 bridgehead atoms. The van der Waals surface area contributed by atoms with E-state index in [1.165, 1.54) is 36.9 Å². The van der Waals surface area contributed by atoms with Crippen LogP contribution in [0.5, 0.6) is 5.75 Å². The number of thiazole rings is 1. The number of benzene rings is 1. The summed E-state index contributed by atoms with van der Waals surface area (Å²) in [7, 11) is 4.19. The third-order valence-electron chi connectivity index (χ3n) is 6.15. The van der Waals surface area contributed by atoms with Gasteiger partial charge in [0.1, 0.15) is 17.3 Å². The number of hydrogen-bond donors (Lipinski definition) is 1. The number of esters is 2. The summed E-state index contributed by atoms with van der Waals surface area (Å²) in [5.41, 5.74) is 2.14. The normalized spacial score (nSPS) is 13.5. The zero-order valence-corrected chi connectivity index (χ0v) is 24.3. The lowest BCUT2D eigenvalue weighted by molar-refractivity contribution is -0.141. The second-order valence-electron chi connectivity index (χ2n) is 8.69. The van der Waals surface area contributed by atoms with Gasteiger partial charge in [-0.05, 0) is 49.4 Å². The van der Waals surface area contributed by atoms with Gasteiger partial charge in [-0.15, -0.1) is 23.1 Å². The van der Waals surface area contributed by atoms with Crippen LogP contribution in [0.4, 0.5) is 5.00 Å². The predicted octanol–water partition coefficient (Wildman–Crippen LogP) is 3.80. The quantitative estimate of drug-likeness (QED) is 0.294. The molecule has 13 heteroatoms. The Balaban J connectivity index is 1.44. The van der Waals surface area contributed by atoms with Crippen LogP contribution in [0.25, 0.3) is 10.2 Å². The molecule has 208 valence electrons. The molecule has 2 heterocycles. The van der Waals surface area contributed by atoms with Crippen LogP contribution in [0.1, 0.15) is 40.1 Å². The van der Waals surface area contributed by atoms with Crippen molar-refractivity contribution in [3.8, 4) is 5.75 Å². The van der Waals surface area contributed by atoms with Gasteiger partial charge in [-0.3, -0.25) is 14.4 Å². The number of carbonyl (C=O) groups is 4. The van der Waals surface area contributed by atoms with E-state index in [0.29, 0.717) is 21.1 Å². The molecule has 0 atom stereocenters. The van der Waals surface area contributed by atoms with Gasteiger partial charge in [0.2, 0.25) is 5.91 Å². The molecule has 0 unspecified atom stereocenters. The summed E-state index contributed by atoms with van der Waals surface area (Å²) in [6, 6.07) is 5.37. The van der Waals surface area contributed by atoms with E-state index in [9.17, 15) is 19.2 Å². The van der Waals surface area contributed by atoms with Gasteiger partial charge in [-0.1, -0.05) is 17.8 Å². The molecule has 4 rings (SSSR count). The number of anilines is 1. The molecule has 2 amide bonds. The zero-order chi connectivity index (χ0) is 27.9. The standard InChI is InChI=1S/C26H29N3O7S3/c1-34-15-9-10-17-19(11-15)39-26(29(17)12-22(32)35-2)28-21(31)14-37-13-20(30)27-24-23(25(33)36-3)16-7-5-4-6-8-18(16)38-24/h9-11H,4-8,12-14H2,1-3H3,(H,27,30). The molecule has 0 radical (unpaired) electrons. The summed E-state index contributed by atoms with van der Waals surface area (Å²) in [4.78, 5) is 55.5. The second kappa shape index (κ2) is 13.3. The van der Waals surface area contributed by atoms with E-state index in [-0.39, 0.29) is 24.0 Å². The maximum absolute atomic E-state index is 12.7. The highest BCUT2D eigenvalue weighted by Gasteiger charge is 2.26. The van der Waals surface area contributed by atoms with Crippen LogP contribution in [-0.4, -0.2) is 61.2 Å². The molecule has 0 saturated carbocycles. The highest BCUT2D eigenvalue weighted by Crippen LogP contribution is 2.38. The Morgan fingerprint density at radius 1 is 1.03 bits per heavy atom. The molecule has 1 N–H and O–H groups in total. The largest absolute Gasteiger partial charge is 0.497 e. The van der Waals surface area contributed by atoms with E-state index in [1.54, 1.807) is 23.8 Å². The Hall–Kier alpha value is -3.16. The first-order valence-electron chi connectivity index (χ1n) is 12.3. The van der Waals surface area contributed by atoms with Gasteiger partial charge in [-0.25, -0.2) is 4.79 Å². The van der Waals surface area contributed by atoms with Crippen molar-refractivity contribution in [1.82, 2.24) is 4.57 Å². The fourth-order valence-electron chi connectivity index (χ4n) is 4.29. The highest BCUT2D eigenvalue weighted by atomic mass is 32.2. The summed E-state index contributed by atoms with van der Waals surface area (Å²) < 4.78 is 17.5. The third kappa shape index (κ3) is 6.89. The number of nitrogens with one attached hydrogen (secondary N) is 1. The van der Waals surface area contributed by atoms with Crippen LogP contribution in [0, 0.1) is 0 Å². The van der Waals surface area contributed by atoms with Gasteiger partial charge in [0.25, 0.3) is 5.91 Å². The fourth-order valence-corrected chi connectivity index (χ4v) is 7.26. The van der Waals surface area contributed by atoms with Crippen molar-refractivity contribution in [3.05, 3.63) is 39.0 Å². The zero-order valence-electron chi connectivity index (χ0n) is 21.9. The van der Waals surface area contributed by atoms with Crippen molar-refractivity contribution in [3.63, 3.8) is 0 Å². The van der Waals surface area contributed by atoms with Gasteiger partial charge in [0.05, 0.1) is 48.6 Å².